The summed E-state index contributed by atoms with van der Waals surface area (Å²) in [5, 5.41) is 14.1. The first-order valence-corrected chi connectivity index (χ1v) is 12.8. The van der Waals surface area contributed by atoms with Crippen molar-refractivity contribution < 1.29 is 14.7 Å². The SMILES string of the molecule is COc1cc2c(cc1O)C(NOCc1ccc(C(C)C)cc1)=C[C@@H]1[C@@H]2CC[C@]2(C)C(N=O)CC[C@@H]12. The number of nitrogens with one attached hydrogen (secondary N) is 1. The molecule has 35 heavy (non-hydrogen) atoms. The van der Waals surface area contributed by atoms with Crippen LogP contribution in [-0.4, -0.2) is 18.3 Å². The van der Waals surface area contributed by atoms with E-state index in [-0.39, 0.29) is 23.1 Å². The predicted octanol–water partition coefficient (Wildman–Crippen LogP) is 6.65. The average Bonchev–Trinajstić information content (AvgIpc) is 3.20. The maximum absolute atomic E-state index is 11.6. The number of rotatable bonds is 7. The maximum atomic E-state index is 11.6. The maximum Gasteiger partial charge on any atom is 0.160 e. The molecule has 3 aliphatic rings. The Kier molecular flexibility index (Phi) is 6.34. The lowest BCUT2D eigenvalue weighted by Crippen LogP contribution is -2.42. The van der Waals surface area contributed by atoms with E-state index >= 15 is 0 Å². The second-order valence-electron chi connectivity index (χ2n) is 11.0. The molecule has 5 atom stereocenters. The van der Waals surface area contributed by atoms with Gasteiger partial charge in [0, 0.05) is 5.56 Å². The van der Waals surface area contributed by atoms with Crippen molar-refractivity contribution >= 4 is 5.70 Å². The fourth-order valence-electron chi connectivity index (χ4n) is 6.79. The van der Waals surface area contributed by atoms with Crippen molar-refractivity contribution in [3.8, 4) is 11.5 Å². The number of methoxy groups -OCH3 is 1. The van der Waals surface area contributed by atoms with E-state index in [9.17, 15) is 10.0 Å². The van der Waals surface area contributed by atoms with E-state index in [0.717, 1.165) is 42.5 Å². The van der Waals surface area contributed by atoms with Gasteiger partial charge in [-0.3, -0.25) is 10.3 Å². The minimum atomic E-state index is -0.112. The molecule has 2 saturated carbocycles. The molecule has 0 heterocycles. The number of aromatic hydroxyl groups is 1. The number of hydroxylamine groups is 1. The van der Waals surface area contributed by atoms with Crippen LogP contribution < -0.4 is 10.2 Å². The standard InChI is InChI=1S/C29H36N2O4/c1-17(2)19-7-5-18(6-8-19)16-35-31-25-13-22-20(21-15-27(34-4)26(32)14-23(21)25)11-12-29(3)24(22)9-10-28(29)30-33/h5-8,13-15,17,20,22,24,28,31-32H,9-12,16H2,1-4H3/t20-,22-,24+,28?,29+/m1/s1. The summed E-state index contributed by atoms with van der Waals surface area (Å²) in [6.45, 7) is 7.05. The van der Waals surface area contributed by atoms with Crippen molar-refractivity contribution in [3.05, 3.63) is 69.6 Å². The molecule has 3 aliphatic carbocycles. The van der Waals surface area contributed by atoms with Gasteiger partial charge in [-0.05, 0) is 83.6 Å². The number of ether oxygens (including phenoxy) is 1. The molecule has 186 valence electrons. The Morgan fingerprint density at radius 1 is 1.17 bits per heavy atom. The monoisotopic (exact) mass is 476 g/mol. The predicted molar refractivity (Wildman–Crippen MR) is 137 cm³/mol. The van der Waals surface area contributed by atoms with E-state index in [1.807, 2.05) is 6.07 Å². The van der Waals surface area contributed by atoms with Crippen LogP contribution in [0.25, 0.3) is 5.70 Å². The highest BCUT2D eigenvalue weighted by Gasteiger charge is 2.55. The summed E-state index contributed by atoms with van der Waals surface area (Å²) in [5.41, 5.74) is 8.52. The van der Waals surface area contributed by atoms with E-state index in [1.54, 1.807) is 13.2 Å². The van der Waals surface area contributed by atoms with Crippen LogP contribution in [0.1, 0.15) is 80.5 Å². The molecule has 2 aromatic carbocycles. The van der Waals surface area contributed by atoms with E-state index < -0.39 is 0 Å². The van der Waals surface area contributed by atoms with Crippen LogP contribution >= 0.6 is 0 Å². The Balaban J connectivity index is 1.43. The third kappa shape index (κ3) is 4.12. The van der Waals surface area contributed by atoms with Crippen LogP contribution in [0.5, 0.6) is 11.5 Å². The van der Waals surface area contributed by atoms with Gasteiger partial charge < -0.3 is 9.84 Å². The van der Waals surface area contributed by atoms with E-state index in [2.05, 4.69) is 61.8 Å². The van der Waals surface area contributed by atoms with E-state index in [4.69, 9.17) is 9.57 Å². The molecule has 2 aromatic rings. The minimum Gasteiger partial charge on any atom is -0.504 e. The average molecular weight is 477 g/mol. The molecule has 2 fully saturated rings. The first kappa shape index (κ1) is 23.9. The van der Waals surface area contributed by atoms with Crippen molar-refractivity contribution in [2.75, 3.05) is 7.11 Å². The molecule has 2 N–H and O–H groups in total. The molecule has 0 spiro atoms. The molecule has 6 nitrogen and oxygen atoms in total. The Labute approximate surface area is 207 Å². The zero-order valence-corrected chi connectivity index (χ0v) is 21.1. The molecule has 0 radical (unpaired) electrons. The first-order valence-electron chi connectivity index (χ1n) is 12.8. The van der Waals surface area contributed by atoms with Crippen molar-refractivity contribution in [1.82, 2.24) is 5.48 Å². The van der Waals surface area contributed by atoms with Crippen LogP contribution in [0, 0.1) is 22.2 Å². The highest BCUT2D eigenvalue weighted by Crippen LogP contribution is 2.61. The highest BCUT2D eigenvalue weighted by molar-refractivity contribution is 5.72. The van der Waals surface area contributed by atoms with Gasteiger partial charge >= 0.3 is 0 Å². The second kappa shape index (κ2) is 9.30. The number of phenolic OH excluding ortho intramolecular Hbond substituents is 1. The molecule has 0 saturated heterocycles. The number of hydrogen-bond donors (Lipinski definition) is 2. The summed E-state index contributed by atoms with van der Waals surface area (Å²) in [4.78, 5) is 17.6. The van der Waals surface area contributed by atoms with Gasteiger partial charge in [-0.2, -0.15) is 4.91 Å². The number of allylic oxidation sites excluding steroid dienone is 1. The van der Waals surface area contributed by atoms with Gasteiger partial charge in [0.15, 0.2) is 11.5 Å². The summed E-state index contributed by atoms with van der Waals surface area (Å²) in [6.07, 6.45) is 6.11. The third-order valence-electron chi connectivity index (χ3n) is 8.88. The fourth-order valence-corrected chi connectivity index (χ4v) is 6.79. The number of fused-ring (bicyclic) bond motifs is 5. The Bertz CT molecular complexity index is 1130. The molecule has 5 rings (SSSR count). The molecule has 0 amide bonds. The molecule has 0 aliphatic heterocycles. The number of nitrogens with zero attached hydrogens (tertiary/aromatic N) is 1. The number of benzene rings is 2. The van der Waals surface area contributed by atoms with Crippen LogP contribution in [-0.2, 0) is 11.4 Å². The van der Waals surface area contributed by atoms with Gasteiger partial charge in [0.25, 0.3) is 0 Å². The zero-order chi connectivity index (χ0) is 24.7. The van der Waals surface area contributed by atoms with Gasteiger partial charge in [-0.25, -0.2) is 0 Å². The Hall–Kier alpha value is -2.86. The largest absolute Gasteiger partial charge is 0.504 e. The minimum absolute atomic E-state index is 0.0674. The topological polar surface area (TPSA) is 80.2 Å². The van der Waals surface area contributed by atoms with Crippen molar-refractivity contribution in [3.63, 3.8) is 0 Å². The van der Waals surface area contributed by atoms with E-state index in [0.29, 0.717) is 30.1 Å². The summed E-state index contributed by atoms with van der Waals surface area (Å²) in [5.74, 6) is 2.08. The highest BCUT2D eigenvalue weighted by atomic mass is 16.6. The van der Waals surface area contributed by atoms with Crippen molar-refractivity contribution in [1.29, 1.82) is 0 Å². The molecular weight excluding hydrogens is 440 g/mol. The van der Waals surface area contributed by atoms with Crippen LogP contribution in [0.2, 0.25) is 0 Å². The smallest absolute Gasteiger partial charge is 0.160 e. The molecule has 1 unspecified atom stereocenters. The van der Waals surface area contributed by atoms with Crippen LogP contribution in [0.3, 0.4) is 0 Å². The fraction of sp³-hybridized carbons (Fsp3) is 0.517. The van der Waals surface area contributed by atoms with Gasteiger partial charge in [0.1, 0.15) is 0 Å². The lowest BCUT2D eigenvalue weighted by molar-refractivity contribution is 0.0591. The summed E-state index contributed by atoms with van der Waals surface area (Å²) in [6, 6.07) is 12.1. The van der Waals surface area contributed by atoms with Crippen molar-refractivity contribution in [2.45, 2.75) is 70.9 Å². The Morgan fingerprint density at radius 3 is 2.63 bits per heavy atom. The normalized spacial score (nSPS) is 29.1. The number of hydrogen-bond acceptors (Lipinski definition) is 6. The third-order valence-corrected chi connectivity index (χ3v) is 8.88. The quantitative estimate of drug-likeness (QED) is 0.346. The lowest BCUT2D eigenvalue weighted by Gasteiger charge is -2.48. The molecule has 6 heteroatoms. The van der Waals surface area contributed by atoms with Gasteiger partial charge in [-0.15, -0.1) is 0 Å². The van der Waals surface area contributed by atoms with E-state index in [1.165, 1.54) is 11.1 Å². The van der Waals surface area contributed by atoms with Crippen LogP contribution in [0.4, 0.5) is 0 Å². The molecular formula is C29H36N2O4. The van der Waals surface area contributed by atoms with Gasteiger partial charge in [0.2, 0.25) is 0 Å². The number of nitroso groups, excluding NO2 is 1. The van der Waals surface area contributed by atoms with Crippen LogP contribution in [0.15, 0.2) is 47.7 Å². The zero-order valence-electron chi connectivity index (χ0n) is 21.1. The van der Waals surface area contributed by atoms with Gasteiger partial charge in [-0.1, -0.05) is 56.3 Å². The number of phenols is 1. The first-order chi connectivity index (χ1) is 16.9. The van der Waals surface area contributed by atoms with Crippen molar-refractivity contribution in [2.24, 2.45) is 22.4 Å². The van der Waals surface area contributed by atoms with Gasteiger partial charge in [0.05, 0.1) is 25.5 Å². The molecule has 0 bridgehead atoms. The molecule has 0 aromatic heterocycles. The summed E-state index contributed by atoms with van der Waals surface area (Å²) >= 11 is 0. The second-order valence-corrected chi connectivity index (χ2v) is 11.0. The lowest BCUT2D eigenvalue weighted by atomic mass is 9.56. The summed E-state index contributed by atoms with van der Waals surface area (Å²) < 4.78 is 5.45. The summed E-state index contributed by atoms with van der Waals surface area (Å²) in [7, 11) is 1.58. The Morgan fingerprint density at radius 2 is 1.94 bits per heavy atom.